The number of nitrogens with zero attached hydrogens (tertiary/aromatic N) is 2. The predicted molar refractivity (Wildman–Crippen MR) is 390 cm³/mol. The van der Waals surface area contributed by atoms with Crippen LogP contribution in [0.2, 0.25) is 0 Å². The highest BCUT2D eigenvalue weighted by Gasteiger charge is 2.38. The van der Waals surface area contributed by atoms with E-state index >= 15 is 0 Å². The number of carbonyl (C=O) groups excluding carboxylic acids is 11. The quantitative estimate of drug-likeness (QED) is 0.0439. The minimum Gasteiger partial charge on any atom is -0.466 e. The Morgan fingerprint density at radius 3 is 1.35 bits per heavy atom. The molecular weight excluding hydrogens is 1350 g/mol. The van der Waals surface area contributed by atoms with Crippen molar-refractivity contribution < 1.29 is 90.6 Å². The standard InChI is InChI=1S/C22H28N2O4.C15H28N2O4.C10H20N2O2.2C10H16O3.C10H14O3.ClH/c1-4-27-21(25)19-11-10-18(12-15(19)2)24-16(3)20(13-23-24)22(26)28-14-17-8-6-5-7-9-17;1-6-20-13(18)12-8-7-11(9-10(12)2)16-17-14(19)21-15(3,4)5;1-3-14-10(13)9-5-4-8(12-11)6-7(9)2;3*1-3-13-10(12)9-5-4-8(11)6-7(9)2;/h5-9,13,15,18-19H,4,10-12,14H2,1-3H3;10-12,16H,6-9H2,1-5H3,(H,17,19);7-9,12H,3-6,11H2,1-2H3;2*7,9H,3-6H2,1-2H3;6,9H,3-5H2,1-2H3;1H/t15-,18+,19+;10-,11+,12+;7-,8+,9+;2*7-,9+;;/m11111../s1. The number of nitrogens with two attached hydrogens (primary N) is 1. The van der Waals surface area contributed by atoms with Crippen LogP contribution in [0, 0.1) is 72.0 Å². The van der Waals surface area contributed by atoms with Gasteiger partial charge in [0.05, 0.1) is 93.1 Å². The molecule has 6 aliphatic rings. The molecule has 1 unspecified atom stereocenters. The van der Waals surface area contributed by atoms with E-state index in [0.717, 1.165) is 74.6 Å². The Bertz CT molecular complexity index is 2980. The van der Waals surface area contributed by atoms with E-state index in [1.807, 2.05) is 104 Å². The van der Waals surface area contributed by atoms with Gasteiger partial charge in [-0.3, -0.25) is 64.5 Å². The maximum absolute atomic E-state index is 12.5. The summed E-state index contributed by atoms with van der Waals surface area (Å²) in [6.07, 6.45) is 14.8. The fraction of sp³-hybridized carbons (Fsp3) is 0.714. The van der Waals surface area contributed by atoms with Crippen LogP contribution in [0.5, 0.6) is 0 Å². The SMILES string of the molecule is CCOC(=O)C1CCC(=O)C=C1C.CCOC(=O)[C@H]1CCC(=O)C[C@H]1C.CCOC(=O)[C@H]1CCC(=O)C[C@H]1C.CCOC(=O)[C@H]1CC[C@H](NN)C[C@H]1C.CCOC(=O)[C@H]1CC[C@H](NNC(=O)OC(C)(C)C)C[C@H]1C.CCOC(=O)[C@H]1CC[C@H](n2ncc(C(=O)OCc3ccccc3)c2C)C[C@H]1C.Cl. The van der Waals surface area contributed by atoms with Gasteiger partial charge >= 0.3 is 47.9 Å². The smallest absolute Gasteiger partial charge is 0.422 e. The molecule has 6 aliphatic carbocycles. The minimum atomic E-state index is -0.513. The first kappa shape index (κ1) is 92.0. The Balaban J connectivity index is 0.000000432. The Morgan fingerprint density at radius 1 is 0.524 bits per heavy atom. The number of allylic oxidation sites excluding steroid dienone is 1. The highest BCUT2D eigenvalue weighted by atomic mass is 35.5. The molecule has 1 amide bonds. The Labute approximate surface area is 617 Å². The number of ether oxygens (including phenoxy) is 8. The number of hydrogen-bond donors (Lipinski definition) is 4. The average molecular weight is 1470 g/mol. The van der Waals surface area contributed by atoms with Crippen LogP contribution in [0.3, 0.4) is 0 Å². The molecule has 26 heteroatoms. The number of ketones is 3. The molecule has 25 nitrogen and oxygen atoms in total. The van der Waals surface area contributed by atoms with E-state index in [2.05, 4.69) is 35.2 Å². The van der Waals surface area contributed by atoms with Crippen LogP contribution in [0.25, 0.3) is 0 Å². The van der Waals surface area contributed by atoms with Gasteiger partial charge in [-0.15, -0.1) is 12.4 Å². The summed E-state index contributed by atoms with van der Waals surface area (Å²) in [5.74, 6) is 5.72. The van der Waals surface area contributed by atoms with Gasteiger partial charge in [0.1, 0.15) is 29.3 Å². The second-order valence-corrected chi connectivity index (χ2v) is 28.5. The third-order valence-electron chi connectivity index (χ3n) is 19.4. The zero-order valence-electron chi connectivity index (χ0n) is 64.2. The summed E-state index contributed by atoms with van der Waals surface area (Å²) in [6, 6.07) is 10.3. The Kier molecular flexibility index (Phi) is 43.0. The second kappa shape index (κ2) is 48.1. The molecule has 0 aliphatic heterocycles. The maximum Gasteiger partial charge on any atom is 0.422 e. The fourth-order valence-corrected chi connectivity index (χ4v) is 13.8. The summed E-state index contributed by atoms with van der Waals surface area (Å²) in [7, 11) is 0. The lowest BCUT2D eigenvalue weighted by Gasteiger charge is -2.33. The lowest BCUT2D eigenvalue weighted by Crippen LogP contribution is -2.49. The highest BCUT2D eigenvalue weighted by molar-refractivity contribution is 5.94. The minimum absolute atomic E-state index is 0. The van der Waals surface area contributed by atoms with E-state index in [9.17, 15) is 52.7 Å². The van der Waals surface area contributed by atoms with Gasteiger partial charge in [-0.2, -0.15) is 5.10 Å². The molecule has 0 spiro atoms. The van der Waals surface area contributed by atoms with Crippen molar-refractivity contribution in [2.24, 2.45) is 70.9 Å². The molecule has 5 fully saturated rings. The number of benzene rings is 1. The number of carbonyl (C=O) groups is 11. The fourth-order valence-electron chi connectivity index (χ4n) is 13.8. The lowest BCUT2D eigenvalue weighted by atomic mass is 9.78. The monoisotopic (exact) mass is 1470 g/mol. The topological polar surface area (TPSA) is 342 Å². The van der Waals surface area contributed by atoms with Crippen LogP contribution in [-0.2, 0) is 87.7 Å². The van der Waals surface area contributed by atoms with Crippen LogP contribution < -0.4 is 22.1 Å². The lowest BCUT2D eigenvalue weighted by molar-refractivity contribution is -0.153. The Hall–Kier alpha value is -7.09. The Morgan fingerprint density at radius 2 is 0.942 bits per heavy atom. The first-order chi connectivity index (χ1) is 48.4. The molecule has 5 N–H and O–H groups in total. The number of aromatic nitrogens is 2. The number of halogens is 1. The molecular formula is C77H123ClN6O19. The largest absolute Gasteiger partial charge is 0.466 e. The molecule has 103 heavy (non-hydrogen) atoms. The number of hydrazine groups is 2. The van der Waals surface area contributed by atoms with Gasteiger partial charge in [0.25, 0.3) is 0 Å². The summed E-state index contributed by atoms with van der Waals surface area (Å²) in [5.41, 5.74) is 10.9. The predicted octanol–water partition coefficient (Wildman–Crippen LogP) is 12.3. The third-order valence-corrected chi connectivity index (χ3v) is 19.4. The summed E-state index contributed by atoms with van der Waals surface area (Å²) >= 11 is 0. The van der Waals surface area contributed by atoms with Gasteiger partial charge in [-0.25, -0.2) is 15.0 Å². The van der Waals surface area contributed by atoms with Crippen LogP contribution in [-0.4, -0.2) is 132 Å². The number of rotatable bonds is 19. The van der Waals surface area contributed by atoms with E-state index in [-0.39, 0.29) is 149 Å². The molecule has 582 valence electrons. The molecule has 1 aromatic carbocycles. The van der Waals surface area contributed by atoms with Gasteiger partial charge in [-0.05, 0) is 194 Å². The molecule has 1 aromatic heterocycles. The zero-order chi connectivity index (χ0) is 76.2. The number of hydrogen-bond acceptors (Lipinski definition) is 23. The average Bonchev–Trinajstić information content (AvgIpc) is 1.69. The van der Waals surface area contributed by atoms with Crippen LogP contribution in [0.1, 0.15) is 241 Å². The number of amides is 1. The van der Waals surface area contributed by atoms with E-state index in [1.165, 1.54) is 0 Å². The van der Waals surface area contributed by atoms with Gasteiger partial charge in [0.15, 0.2) is 5.78 Å². The van der Waals surface area contributed by atoms with Gasteiger partial charge in [-0.1, -0.05) is 70.5 Å². The summed E-state index contributed by atoms with van der Waals surface area (Å²) in [6.45, 7) is 32.9. The van der Waals surface area contributed by atoms with Crippen LogP contribution in [0.15, 0.2) is 48.2 Å². The van der Waals surface area contributed by atoms with Crippen molar-refractivity contribution in [3.63, 3.8) is 0 Å². The molecule has 0 radical (unpaired) electrons. The summed E-state index contributed by atoms with van der Waals surface area (Å²) in [5, 5.41) is 4.46. The van der Waals surface area contributed by atoms with Gasteiger partial charge < -0.3 is 37.9 Å². The molecule has 5 saturated carbocycles. The van der Waals surface area contributed by atoms with Crippen molar-refractivity contribution in [1.82, 2.24) is 26.1 Å². The normalized spacial score (nSPS) is 25.8. The molecule has 0 saturated heterocycles. The van der Waals surface area contributed by atoms with Crippen LogP contribution in [0.4, 0.5) is 4.79 Å². The highest BCUT2D eigenvalue weighted by Crippen LogP contribution is 2.39. The number of esters is 7. The van der Waals surface area contributed by atoms with E-state index in [4.69, 9.17) is 43.7 Å². The van der Waals surface area contributed by atoms with Crippen molar-refractivity contribution >= 4 is 77.6 Å². The van der Waals surface area contributed by atoms with Crippen molar-refractivity contribution in [3.8, 4) is 0 Å². The number of nitrogens with one attached hydrogen (secondary N) is 3. The van der Waals surface area contributed by atoms with Crippen molar-refractivity contribution in [3.05, 3.63) is 65.0 Å². The summed E-state index contributed by atoms with van der Waals surface area (Å²) in [4.78, 5) is 127. The van der Waals surface area contributed by atoms with E-state index in [0.29, 0.717) is 109 Å². The van der Waals surface area contributed by atoms with Crippen molar-refractivity contribution in [2.45, 2.75) is 250 Å². The first-order valence-corrected chi connectivity index (χ1v) is 37.1. The van der Waals surface area contributed by atoms with E-state index < -0.39 is 11.7 Å². The zero-order valence-corrected chi connectivity index (χ0v) is 65.0. The van der Waals surface area contributed by atoms with E-state index in [1.54, 1.807) is 40.0 Å². The molecule has 1 heterocycles. The van der Waals surface area contributed by atoms with Crippen LogP contribution >= 0.6 is 12.4 Å². The van der Waals surface area contributed by atoms with Crippen molar-refractivity contribution in [2.75, 3.05) is 39.6 Å². The third kappa shape index (κ3) is 32.4. The number of Topliss-reactive ketones (excluding diaryl/α,β-unsaturated/α-hetero) is 2. The molecule has 0 bridgehead atoms. The first-order valence-electron chi connectivity index (χ1n) is 37.1. The molecule has 2 aromatic rings. The maximum atomic E-state index is 12.5. The van der Waals surface area contributed by atoms with Crippen molar-refractivity contribution in [1.29, 1.82) is 0 Å². The van der Waals surface area contributed by atoms with Gasteiger partial charge in [0, 0.05) is 44.2 Å². The molecule has 8 rings (SSSR count). The molecule has 14 atom stereocenters. The van der Waals surface area contributed by atoms with Gasteiger partial charge in [0.2, 0.25) is 0 Å². The summed E-state index contributed by atoms with van der Waals surface area (Å²) < 4.78 is 42.6. The second-order valence-electron chi connectivity index (χ2n) is 28.5.